The molecule has 0 radical (unpaired) electrons. The van der Waals surface area contributed by atoms with Gasteiger partial charge in [0.2, 0.25) is 0 Å². The van der Waals surface area contributed by atoms with Crippen molar-refractivity contribution in [3.63, 3.8) is 0 Å². The van der Waals surface area contributed by atoms with E-state index in [9.17, 15) is 4.79 Å². The summed E-state index contributed by atoms with van der Waals surface area (Å²) in [6.07, 6.45) is 1.69. The van der Waals surface area contributed by atoms with E-state index in [-0.39, 0.29) is 5.56 Å². The summed E-state index contributed by atoms with van der Waals surface area (Å²) >= 11 is 4.70. The number of nitrogens with zero attached hydrogens (tertiary/aromatic N) is 2. The number of nitrogen functional groups attached to an aromatic ring is 1. The van der Waals surface area contributed by atoms with Crippen molar-refractivity contribution in [1.29, 1.82) is 0 Å². The molecule has 0 fully saturated rings. The van der Waals surface area contributed by atoms with Gasteiger partial charge < -0.3 is 10.7 Å². The summed E-state index contributed by atoms with van der Waals surface area (Å²) in [5.74, 6) is 0. The van der Waals surface area contributed by atoms with Crippen LogP contribution in [-0.2, 0) is 0 Å². The van der Waals surface area contributed by atoms with E-state index in [0.29, 0.717) is 21.7 Å². The van der Waals surface area contributed by atoms with Crippen molar-refractivity contribution in [2.24, 2.45) is 0 Å². The number of pyridine rings is 1. The van der Waals surface area contributed by atoms with Gasteiger partial charge in [-0.2, -0.15) is 0 Å². The number of hydrogen-bond donors (Lipinski definition) is 2. The fourth-order valence-electron chi connectivity index (χ4n) is 1.72. The quantitative estimate of drug-likeness (QED) is 0.549. The highest BCUT2D eigenvalue weighted by molar-refractivity contribution is 9.10. The lowest BCUT2D eigenvalue weighted by Crippen LogP contribution is -2.09. The third-order valence-electron chi connectivity index (χ3n) is 2.63. The molecule has 3 aromatic rings. The average molecular weight is 349 g/mol. The van der Waals surface area contributed by atoms with E-state index in [4.69, 9.17) is 5.73 Å². The number of nitrogens with one attached hydrogen (secondary N) is 1. The van der Waals surface area contributed by atoms with Crippen molar-refractivity contribution in [2.75, 3.05) is 5.73 Å². The second kappa shape index (κ2) is 5.26. The lowest BCUT2D eigenvalue weighted by Gasteiger charge is -2.04. The molecule has 0 bridgehead atoms. The number of hydrogen-bond acceptors (Lipinski definition) is 5. The number of fused-ring (bicyclic) bond motifs is 1. The van der Waals surface area contributed by atoms with Crippen molar-refractivity contribution in [3.05, 3.63) is 51.4 Å². The minimum atomic E-state index is -0.211. The molecule has 2 aromatic heterocycles. The van der Waals surface area contributed by atoms with Gasteiger partial charge in [-0.25, -0.2) is 9.97 Å². The number of nitrogens with two attached hydrogens (primary N) is 1. The number of anilines is 1. The Morgan fingerprint density at radius 3 is 2.95 bits per heavy atom. The molecule has 3 N–H and O–H groups in total. The average Bonchev–Trinajstić information content (AvgIpc) is 2.42. The Morgan fingerprint density at radius 2 is 2.15 bits per heavy atom. The molecule has 0 aliphatic carbocycles. The third-order valence-corrected chi connectivity index (χ3v) is 4.43. The molecule has 0 unspecified atom stereocenters. The smallest absolute Gasteiger partial charge is 0.259 e. The molecule has 2 heterocycles. The molecule has 5 nitrogen and oxygen atoms in total. The van der Waals surface area contributed by atoms with Crippen molar-refractivity contribution >= 4 is 44.3 Å². The molecule has 0 aliphatic rings. The molecule has 20 heavy (non-hydrogen) atoms. The highest BCUT2D eigenvalue weighted by atomic mass is 79.9. The van der Waals surface area contributed by atoms with E-state index >= 15 is 0 Å². The van der Waals surface area contributed by atoms with Gasteiger partial charge in [-0.1, -0.05) is 0 Å². The van der Waals surface area contributed by atoms with Crippen LogP contribution in [0.5, 0.6) is 0 Å². The molecule has 0 aliphatic heterocycles. The van der Waals surface area contributed by atoms with E-state index in [1.807, 2.05) is 12.1 Å². The van der Waals surface area contributed by atoms with E-state index < -0.39 is 0 Å². The minimum absolute atomic E-state index is 0.211. The van der Waals surface area contributed by atoms with Crippen LogP contribution in [0.1, 0.15) is 0 Å². The summed E-state index contributed by atoms with van der Waals surface area (Å²) in [4.78, 5) is 23.4. The maximum atomic E-state index is 12.0. The van der Waals surface area contributed by atoms with Crippen LogP contribution in [0.4, 0.5) is 5.69 Å². The zero-order chi connectivity index (χ0) is 14.1. The molecule has 7 heteroatoms. The molecule has 1 aromatic carbocycles. The van der Waals surface area contributed by atoms with Gasteiger partial charge in [0, 0.05) is 11.9 Å². The Hall–Kier alpha value is -1.86. The van der Waals surface area contributed by atoms with Crippen molar-refractivity contribution in [3.8, 4) is 0 Å². The van der Waals surface area contributed by atoms with Crippen LogP contribution in [0.3, 0.4) is 0 Å². The fourth-order valence-corrected chi connectivity index (χ4v) is 2.97. The minimum Gasteiger partial charge on any atom is -0.399 e. The zero-order valence-electron chi connectivity index (χ0n) is 10.1. The summed E-state index contributed by atoms with van der Waals surface area (Å²) in [5.41, 5.74) is 6.61. The van der Waals surface area contributed by atoms with Crippen LogP contribution in [0.15, 0.2) is 56.0 Å². The van der Waals surface area contributed by atoms with Crippen LogP contribution in [0, 0.1) is 0 Å². The summed E-state index contributed by atoms with van der Waals surface area (Å²) in [5, 5.41) is 1.71. The van der Waals surface area contributed by atoms with E-state index in [1.54, 1.807) is 24.4 Å². The number of rotatable bonds is 2. The summed E-state index contributed by atoms with van der Waals surface area (Å²) in [6.45, 7) is 0. The summed E-state index contributed by atoms with van der Waals surface area (Å²) in [7, 11) is 0. The first kappa shape index (κ1) is 13.1. The van der Waals surface area contributed by atoms with Gasteiger partial charge in [-0.3, -0.25) is 4.79 Å². The maximum absolute atomic E-state index is 12.0. The molecule has 0 spiro atoms. The number of aromatic amines is 1. The van der Waals surface area contributed by atoms with Crippen LogP contribution >= 0.6 is 27.7 Å². The molecule has 0 saturated heterocycles. The number of halogens is 1. The standard InChI is InChI=1S/C13H9BrN4OS/c14-9-2-1-5-16-12(9)20-13-17-10-4-3-7(15)6-8(10)11(19)18-13/h1-6H,15H2,(H,17,18,19). The Kier molecular flexibility index (Phi) is 3.45. The Morgan fingerprint density at radius 1 is 1.30 bits per heavy atom. The predicted molar refractivity (Wildman–Crippen MR) is 82.8 cm³/mol. The Labute approximate surface area is 126 Å². The number of aromatic nitrogens is 3. The fraction of sp³-hybridized carbons (Fsp3) is 0. The number of H-pyrrole nitrogens is 1. The van der Waals surface area contributed by atoms with Crippen LogP contribution < -0.4 is 11.3 Å². The van der Waals surface area contributed by atoms with Gasteiger partial charge in [0.25, 0.3) is 5.56 Å². The number of benzene rings is 1. The molecule has 0 saturated carbocycles. The van der Waals surface area contributed by atoms with E-state index in [1.165, 1.54) is 11.8 Å². The first-order valence-corrected chi connectivity index (χ1v) is 7.32. The van der Waals surface area contributed by atoms with Gasteiger partial charge in [0.05, 0.1) is 15.4 Å². The van der Waals surface area contributed by atoms with Gasteiger partial charge >= 0.3 is 0 Å². The lowest BCUT2D eigenvalue weighted by molar-refractivity contribution is 0.965. The largest absolute Gasteiger partial charge is 0.399 e. The molecule has 0 amide bonds. The monoisotopic (exact) mass is 348 g/mol. The van der Waals surface area contributed by atoms with Gasteiger partial charge in [0.15, 0.2) is 5.16 Å². The molecule has 100 valence electrons. The second-order valence-corrected chi connectivity index (χ2v) is 5.87. The molecule has 3 rings (SSSR count). The van der Waals surface area contributed by atoms with E-state index in [0.717, 1.165) is 9.50 Å². The molecular weight excluding hydrogens is 340 g/mol. The van der Waals surface area contributed by atoms with Crippen molar-refractivity contribution in [1.82, 2.24) is 15.0 Å². The van der Waals surface area contributed by atoms with Crippen LogP contribution in [-0.4, -0.2) is 15.0 Å². The zero-order valence-corrected chi connectivity index (χ0v) is 12.5. The Bertz CT molecular complexity index is 849. The summed E-state index contributed by atoms with van der Waals surface area (Å²) in [6, 6.07) is 8.78. The van der Waals surface area contributed by atoms with Gasteiger partial charge in [-0.05, 0) is 58.0 Å². The predicted octanol–water partition coefficient (Wildman–Crippen LogP) is 2.81. The van der Waals surface area contributed by atoms with Crippen molar-refractivity contribution < 1.29 is 0 Å². The van der Waals surface area contributed by atoms with Crippen LogP contribution in [0.25, 0.3) is 10.9 Å². The molecular formula is C13H9BrN4OS. The third kappa shape index (κ3) is 2.54. The highest BCUT2D eigenvalue weighted by Crippen LogP contribution is 2.29. The van der Waals surface area contributed by atoms with Crippen LogP contribution in [0.2, 0.25) is 0 Å². The topological polar surface area (TPSA) is 84.7 Å². The SMILES string of the molecule is Nc1ccc2nc(Sc3ncccc3Br)[nH]c(=O)c2c1. The maximum Gasteiger partial charge on any atom is 0.259 e. The first-order chi connectivity index (χ1) is 9.63. The van der Waals surface area contributed by atoms with Gasteiger partial charge in [0.1, 0.15) is 5.03 Å². The second-order valence-electron chi connectivity index (χ2n) is 4.04. The highest BCUT2D eigenvalue weighted by Gasteiger charge is 2.08. The van der Waals surface area contributed by atoms with Gasteiger partial charge in [-0.15, -0.1) is 0 Å². The van der Waals surface area contributed by atoms with E-state index in [2.05, 4.69) is 30.9 Å². The molecule has 0 atom stereocenters. The summed E-state index contributed by atoms with van der Waals surface area (Å²) < 4.78 is 0.852. The normalized spacial score (nSPS) is 10.8. The first-order valence-electron chi connectivity index (χ1n) is 5.71. The van der Waals surface area contributed by atoms with Crippen molar-refractivity contribution in [2.45, 2.75) is 10.2 Å². The lowest BCUT2D eigenvalue weighted by atomic mass is 10.2. The Balaban J connectivity index is 2.08.